The van der Waals surface area contributed by atoms with Gasteiger partial charge in [0.15, 0.2) is 0 Å². The number of aliphatic hydroxyl groups excluding tert-OH is 1. The fourth-order valence-electron chi connectivity index (χ4n) is 5.26. The first-order chi connectivity index (χ1) is 19.0. The highest BCUT2D eigenvalue weighted by atomic mass is 16.5. The number of ether oxygens (including phenoxy) is 2. The van der Waals surface area contributed by atoms with E-state index >= 15 is 0 Å². The Labute approximate surface area is 229 Å². The topological polar surface area (TPSA) is 79.3 Å². The van der Waals surface area contributed by atoms with Gasteiger partial charge >= 0.3 is 0 Å². The largest absolute Gasteiger partial charge is 0.507 e. The van der Waals surface area contributed by atoms with E-state index in [1.807, 2.05) is 73.7 Å². The van der Waals surface area contributed by atoms with Crippen molar-refractivity contribution in [1.82, 2.24) is 9.80 Å². The number of hydrogen-bond acceptors (Lipinski definition) is 6. The molecule has 2 saturated heterocycles. The van der Waals surface area contributed by atoms with Gasteiger partial charge in [-0.3, -0.25) is 14.5 Å². The number of aliphatic hydroxyl groups is 1. The Morgan fingerprint density at radius 2 is 1.64 bits per heavy atom. The van der Waals surface area contributed by atoms with Crippen LogP contribution >= 0.6 is 0 Å². The lowest BCUT2D eigenvalue weighted by Gasteiger charge is -2.29. The summed E-state index contributed by atoms with van der Waals surface area (Å²) in [7, 11) is 0. The molecule has 2 fully saturated rings. The summed E-state index contributed by atoms with van der Waals surface area (Å²) in [5.74, 6) is -0.731. The van der Waals surface area contributed by atoms with Crippen LogP contribution in [0.15, 0.2) is 84.4 Å². The van der Waals surface area contributed by atoms with Crippen LogP contribution in [0.3, 0.4) is 0 Å². The van der Waals surface area contributed by atoms with Crippen LogP contribution in [0.25, 0.3) is 5.76 Å². The second-order valence-corrected chi connectivity index (χ2v) is 9.96. The fraction of sp³-hybridized carbons (Fsp3) is 0.312. The number of amides is 1. The van der Waals surface area contributed by atoms with Gasteiger partial charge in [-0.15, -0.1) is 0 Å². The second-order valence-electron chi connectivity index (χ2n) is 9.96. The van der Waals surface area contributed by atoms with Crippen molar-refractivity contribution in [3.63, 3.8) is 0 Å². The van der Waals surface area contributed by atoms with E-state index in [0.29, 0.717) is 37.7 Å². The van der Waals surface area contributed by atoms with Crippen molar-refractivity contribution in [1.29, 1.82) is 0 Å². The molecule has 0 spiro atoms. The first-order valence-corrected chi connectivity index (χ1v) is 13.4. The molecule has 0 bridgehead atoms. The van der Waals surface area contributed by atoms with Crippen LogP contribution in [-0.4, -0.2) is 66.0 Å². The molecule has 2 aliphatic rings. The van der Waals surface area contributed by atoms with Crippen LogP contribution in [0.4, 0.5) is 0 Å². The maximum Gasteiger partial charge on any atom is 0.295 e. The monoisotopic (exact) mass is 526 g/mol. The normalized spacial score (nSPS) is 19.4. The first-order valence-electron chi connectivity index (χ1n) is 13.4. The summed E-state index contributed by atoms with van der Waals surface area (Å²) in [6.07, 6.45) is 0.725. The highest BCUT2D eigenvalue weighted by molar-refractivity contribution is 6.46. The number of morpholine rings is 1. The molecule has 7 heteroatoms. The zero-order valence-electron chi connectivity index (χ0n) is 22.2. The summed E-state index contributed by atoms with van der Waals surface area (Å²) in [5.41, 5.74) is 3.24. The summed E-state index contributed by atoms with van der Waals surface area (Å²) in [4.78, 5) is 30.5. The lowest BCUT2D eigenvalue weighted by Crippen LogP contribution is -2.38. The molecule has 3 aromatic rings. The Balaban J connectivity index is 1.40. The van der Waals surface area contributed by atoms with Gasteiger partial charge in [-0.05, 0) is 48.2 Å². The van der Waals surface area contributed by atoms with Crippen LogP contribution in [0.1, 0.15) is 34.7 Å². The molecule has 2 heterocycles. The number of rotatable bonds is 9. The second kappa shape index (κ2) is 12.3. The lowest BCUT2D eigenvalue weighted by atomic mass is 9.94. The van der Waals surface area contributed by atoms with Crippen LogP contribution in [0.5, 0.6) is 5.75 Å². The Bertz CT molecular complexity index is 1330. The Kier molecular flexibility index (Phi) is 8.39. The van der Waals surface area contributed by atoms with Crippen molar-refractivity contribution in [2.24, 2.45) is 0 Å². The highest BCUT2D eigenvalue weighted by Gasteiger charge is 2.45. The van der Waals surface area contributed by atoms with Crippen molar-refractivity contribution in [2.45, 2.75) is 26.0 Å². The predicted molar refractivity (Wildman–Crippen MR) is 149 cm³/mol. The molecule has 0 aromatic heterocycles. The number of Topliss-reactive ketones (excluding diaryl/α,β-unsaturated/α-hetero) is 1. The average Bonchev–Trinajstić information content (AvgIpc) is 3.22. The van der Waals surface area contributed by atoms with Crippen molar-refractivity contribution >= 4 is 17.4 Å². The van der Waals surface area contributed by atoms with Crippen molar-refractivity contribution in [3.8, 4) is 5.75 Å². The molecule has 1 N–H and O–H groups in total. The standard InChI is InChI=1S/C32H34N2O5/c1-23-21-26(39-22-24-9-4-2-5-10-24)13-14-27(23)30(35)28-29(25-11-6-3-7-12-25)34(32(37)31(28)36)16-8-15-33-17-19-38-20-18-33/h2-7,9-14,21,29,35H,8,15-20,22H2,1H3/b30-28+/t29-/m0/s1. The molecule has 0 radical (unpaired) electrons. The average molecular weight is 527 g/mol. The first kappa shape index (κ1) is 26.7. The van der Waals surface area contributed by atoms with Gasteiger partial charge in [-0.2, -0.15) is 0 Å². The summed E-state index contributed by atoms with van der Waals surface area (Å²) >= 11 is 0. The van der Waals surface area contributed by atoms with Gasteiger partial charge < -0.3 is 19.5 Å². The molecule has 7 nitrogen and oxygen atoms in total. The Morgan fingerprint density at radius 1 is 0.949 bits per heavy atom. The predicted octanol–water partition coefficient (Wildman–Crippen LogP) is 4.72. The molecule has 1 atom stereocenters. The number of ketones is 1. The molecule has 0 saturated carbocycles. The maximum absolute atomic E-state index is 13.4. The van der Waals surface area contributed by atoms with Gasteiger partial charge in [-0.1, -0.05) is 60.7 Å². The molecule has 39 heavy (non-hydrogen) atoms. The molecular formula is C32H34N2O5. The van der Waals surface area contributed by atoms with E-state index in [-0.39, 0.29) is 11.3 Å². The third-order valence-corrected chi connectivity index (χ3v) is 7.33. The number of hydrogen-bond donors (Lipinski definition) is 1. The van der Waals surface area contributed by atoms with Crippen LogP contribution < -0.4 is 4.74 Å². The van der Waals surface area contributed by atoms with Crippen molar-refractivity contribution < 1.29 is 24.2 Å². The number of carbonyl (C=O) groups is 2. The Morgan fingerprint density at radius 3 is 2.33 bits per heavy atom. The molecule has 5 rings (SSSR count). The minimum absolute atomic E-state index is 0.124. The van der Waals surface area contributed by atoms with Crippen LogP contribution in [-0.2, 0) is 20.9 Å². The van der Waals surface area contributed by atoms with Gasteiger partial charge in [-0.25, -0.2) is 0 Å². The number of benzene rings is 3. The minimum Gasteiger partial charge on any atom is -0.507 e. The van der Waals surface area contributed by atoms with Gasteiger partial charge in [0.25, 0.3) is 11.7 Å². The Hall–Kier alpha value is -3.94. The van der Waals surface area contributed by atoms with Crippen molar-refractivity contribution in [3.05, 3.63) is 107 Å². The van der Waals surface area contributed by atoms with E-state index in [1.54, 1.807) is 17.0 Å². The summed E-state index contributed by atoms with van der Waals surface area (Å²) in [6, 6.07) is 24.1. The number of likely N-dealkylation sites (tertiary alicyclic amines) is 1. The third-order valence-electron chi connectivity index (χ3n) is 7.33. The van der Waals surface area contributed by atoms with E-state index in [4.69, 9.17) is 9.47 Å². The summed E-state index contributed by atoms with van der Waals surface area (Å²) in [5, 5.41) is 11.5. The maximum atomic E-state index is 13.4. The number of nitrogens with zero attached hydrogens (tertiary/aromatic N) is 2. The van der Waals surface area contributed by atoms with E-state index in [1.165, 1.54) is 0 Å². The van der Waals surface area contributed by atoms with E-state index < -0.39 is 17.7 Å². The molecular weight excluding hydrogens is 492 g/mol. The zero-order chi connectivity index (χ0) is 27.2. The number of aryl methyl sites for hydroxylation is 1. The van der Waals surface area contributed by atoms with Crippen molar-refractivity contribution in [2.75, 3.05) is 39.4 Å². The van der Waals surface area contributed by atoms with E-state index in [0.717, 1.165) is 42.7 Å². The van der Waals surface area contributed by atoms with Gasteiger partial charge in [0, 0.05) is 31.7 Å². The third kappa shape index (κ3) is 6.05. The van der Waals surface area contributed by atoms with Gasteiger partial charge in [0.2, 0.25) is 0 Å². The quantitative estimate of drug-likeness (QED) is 0.247. The van der Waals surface area contributed by atoms with Crippen LogP contribution in [0.2, 0.25) is 0 Å². The SMILES string of the molecule is Cc1cc(OCc2ccccc2)ccc1/C(O)=C1\C(=O)C(=O)N(CCCN2CCOCC2)[C@H]1c1ccccc1. The molecule has 1 amide bonds. The summed E-state index contributed by atoms with van der Waals surface area (Å²) < 4.78 is 11.4. The van der Waals surface area contributed by atoms with E-state index in [9.17, 15) is 14.7 Å². The molecule has 0 aliphatic carbocycles. The van der Waals surface area contributed by atoms with E-state index in [2.05, 4.69) is 4.90 Å². The smallest absolute Gasteiger partial charge is 0.295 e. The van der Waals surface area contributed by atoms with Crippen LogP contribution in [0, 0.1) is 6.92 Å². The molecule has 3 aromatic carbocycles. The molecule has 2 aliphatic heterocycles. The molecule has 0 unspecified atom stereocenters. The fourth-order valence-corrected chi connectivity index (χ4v) is 5.26. The summed E-state index contributed by atoms with van der Waals surface area (Å²) in [6.45, 7) is 6.68. The molecule has 202 valence electrons. The van der Waals surface area contributed by atoms with Gasteiger partial charge in [0.1, 0.15) is 18.1 Å². The van der Waals surface area contributed by atoms with Gasteiger partial charge in [0.05, 0.1) is 24.8 Å². The zero-order valence-corrected chi connectivity index (χ0v) is 22.2. The number of carbonyl (C=O) groups excluding carboxylic acids is 2. The lowest BCUT2D eigenvalue weighted by molar-refractivity contribution is -0.140. The highest BCUT2D eigenvalue weighted by Crippen LogP contribution is 2.40. The minimum atomic E-state index is -0.656.